The van der Waals surface area contributed by atoms with Crippen molar-refractivity contribution in [1.82, 2.24) is 20.4 Å². The third kappa shape index (κ3) is 10.3. The topological polar surface area (TPSA) is 119 Å². The molecule has 252 valence electrons. The Morgan fingerprint density at radius 3 is 1.67 bits per heavy atom. The minimum absolute atomic E-state index is 0.0179. The van der Waals surface area contributed by atoms with Crippen molar-refractivity contribution < 1.29 is 24.3 Å². The van der Waals surface area contributed by atoms with E-state index in [1.54, 1.807) is 50.0 Å². The van der Waals surface area contributed by atoms with E-state index < -0.39 is 41.0 Å². The first-order valence-corrected chi connectivity index (χ1v) is 15.8. The molecule has 3 N–H and O–H groups in total. The SMILES string of the molecule is CN[C@H](C(=O)N[C@H](C(=O)N(C)[C@H](/C=C(\C)C(=O)N(C)[C@H](/C=C(\C)C(=O)O)C(C)C)C(C)C)C(C)(C)C)C(C)(C)c1ccccc1. The monoisotopic (exact) mass is 626 g/mol. The van der Waals surface area contributed by atoms with Gasteiger partial charge in [-0.3, -0.25) is 14.4 Å². The zero-order chi connectivity index (χ0) is 35.0. The number of carbonyl (C=O) groups excluding carboxylic acids is 3. The number of hydrogen-bond acceptors (Lipinski definition) is 5. The Morgan fingerprint density at radius 1 is 0.778 bits per heavy atom. The fourth-order valence-corrected chi connectivity index (χ4v) is 5.65. The second-order valence-electron chi connectivity index (χ2n) is 14.5. The lowest BCUT2D eigenvalue weighted by atomic mass is 9.76. The molecule has 45 heavy (non-hydrogen) atoms. The molecule has 4 atom stereocenters. The summed E-state index contributed by atoms with van der Waals surface area (Å²) in [6.07, 6.45) is 3.39. The van der Waals surface area contributed by atoms with Gasteiger partial charge in [-0.05, 0) is 43.7 Å². The van der Waals surface area contributed by atoms with Gasteiger partial charge in [0.25, 0.3) is 0 Å². The maximum atomic E-state index is 14.2. The van der Waals surface area contributed by atoms with Gasteiger partial charge in [0.05, 0.1) is 18.1 Å². The van der Waals surface area contributed by atoms with Crippen molar-refractivity contribution in [3.8, 4) is 0 Å². The highest BCUT2D eigenvalue weighted by molar-refractivity contribution is 5.94. The molecular weight excluding hydrogens is 568 g/mol. The van der Waals surface area contributed by atoms with Gasteiger partial charge in [-0.1, -0.05) is 105 Å². The number of rotatable bonds is 14. The normalized spacial score (nSPS) is 15.7. The maximum absolute atomic E-state index is 14.2. The Bertz CT molecular complexity index is 1240. The van der Waals surface area contributed by atoms with E-state index in [0.29, 0.717) is 5.57 Å². The third-order valence-electron chi connectivity index (χ3n) is 8.63. The summed E-state index contributed by atoms with van der Waals surface area (Å²) in [6, 6.07) is 7.51. The first-order valence-electron chi connectivity index (χ1n) is 15.8. The van der Waals surface area contributed by atoms with Gasteiger partial charge in [0, 0.05) is 30.7 Å². The van der Waals surface area contributed by atoms with Crippen molar-refractivity contribution in [1.29, 1.82) is 0 Å². The molecule has 0 saturated heterocycles. The summed E-state index contributed by atoms with van der Waals surface area (Å²) in [5.41, 5.74) is 0.447. The van der Waals surface area contributed by atoms with Crippen molar-refractivity contribution in [2.45, 2.75) is 106 Å². The summed E-state index contributed by atoms with van der Waals surface area (Å²) in [7, 11) is 5.11. The molecule has 0 heterocycles. The molecule has 1 rings (SSSR count). The molecule has 0 fully saturated rings. The third-order valence-corrected chi connectivity index (χ3v) is 8.63. The number of nitrogens with zero attached hydrogens (tertiary/aromatic N) is 2. The van der Waals surface area contributed by atoms with Crippen molar-refractivity contribution in [2.24, 2.45) is 17.3 Å². The highest BCUT2D eigenvalue weighted by Gasteiger charge is 2.41. The minimum atomic E-state index is -1.03. The van der Waals surface area contributed by atoms with Gasteiger partial charge < -0.3 is 25.5 Å². The van der Waals surface area contributed by atoms with Crippen LogP contribution >= 0.6 is 0 Å². The number of hydrogen-bond donors (Lipinski definition) is 3. The van der Waals surface area contributed by atoms with Crippen LogP contribution in [0, 0.1) is 17.3 Å². The van der Waals surface area contributed by atoms with E-state index in [-0.39, 0.29) is 35.1 Å². The molecular formula is C36H58N4O5. The minimum Gasteiger partial charge on any atom is -0.478 e. The van der Waals surface area contributed by atoms with Crippen LogP contribution in [0.3, 0.4) is 0 Å². The van der Waals surface area contributed by atoms with Crippen LogP contribution in [0.2, 0.25) is 0 Å². The highest BCUT2D eigenvalue weighted by Crippen LogP contribution is 2.29. The quantitative estimate of drug-likeness (QED) is 0.250. The summed E-state index contributed by atoms with van der Waals surface area (Å²) in [5.74, 6) is -1.88. The number of carboxylic acid groups (broad SMARTS) is 1. The fourth-order valence-electron chi connectivity index (χ4n) is 5.65. The van der Waals surface area contributed by atoms with Crippen molar-refractivity contribution in [2.75, 3.05) is 21.1 Å². The van der Waals surface area contributed by atoms with Crippen molar-refractivity contribution >= 4 is 23.7 Å². The summed E-state index contributed by atoms with van der Waals surface area (Å²) in [6.45, 7) is 20.8. The average Bonchev–Trinajstić information content (AvgIpc) is 2.95. The van der Waals surface area contributed by atoms with Gasteiger partial charge in [-0.25, -0.2) is 4.79 Å². The van der Waals surface area contributed by atoms with E-state index >= 15 is 0 Å². The average molecular weight is 627 g/mol. The first-order chi connectivity index (χ1) is 20.6. The van der Waals surface area contributed by atoms with Crippen LogP contribution in [0.25, 0.3) is 0 Å². The lowest BCUT2D eigenvalue weighted by Crippen LogP contribution is -2.61. The van der Waals surface area contributed by atoms with Gasteiger partial charge in [0.1, 0.15) is 6.04 Å². The van der Waals surface area contributed by atoms with E-state index in [1.807, 2.05) is 92.6 Å². The van der Waals surface area contributed by atoms with Crippen LogP contribution in [0.1, 0.15) is 81.7 Å². The molecule has 0 aromatic heterocycles. The summed E-state index contributed by atoms with van der Waals surface area (Å²) < 4.78 is 0. The second-order valence-corrected chi connectivity index (χ2v) is 14.5. The van der Waals surface area contributed by atoms with E-state index in [0.717, 1.165) is 5.56 Å². The molecule has 0 spiro atoms. The zero-order valence-corrected chi connectivity index (χ0v) is 30.0. The first kappa shape index (κ1) is 39.6. The Balaban J connectivity index is 3.39. The van der Waals surface area contributed by atoms with Gasteiger partial charge in [-0.2, -0.15) is 0 Å². The predicted octanol–water partition coefficient (Wildman–Crippen LogP) is 5.03. The molecule has 9 nitrogen and oxygen atoms in total. The van der Waals surface area contributed by atoms with Crippen molar-refractivity contribution in [3.05, 3.63) is 59.2 Å². The molecule has 0 saturated carbocycles. The molecule has 0 aliphatic carbocycles. The summed E-state index contributed by atoms with van der Waals surface area (Å²) in [5, 5.41) is 15.6. The van der Waals surface area contributed by atoms with Gasteiger partial charge in [0.15, 0.2) is 0 Å². The Hall–Kier alpha value is -3.46. The molecule has 3 amide bonds. The van der Waals surface area contributed by atoms with E-state index in [1.165, 1.54) is 6.92 Å². The Kier molecular flexibility index (Phi) is 14.2. The van der Waals surface area contributed by atoms with Gasteiger partial charge >= 0.3 is 5.97 Å². The Morgan fingerprint density at radius 2 is 1.24 bits per heavy atom. The number of carbonyl (C=O) groups is 4. The number of nitrogens with one attached hydrogen (secondary N) is 2. The van der Waals surface area contributed by atoms with Crippen LogP contribution in [0.15, 0.2) is 53.6 Å². The predicted molar refractivity (Wildman–Crippen MR) is 182 cm³/mol. The van der Waals surface area contributed by atoms with Gasteiger partial charge in [-0.15, -0.1) is 0 Å². The smallest absolute Gasteiger partial charge is 0.331 e. The highest BCUT2D eigenvalue weighted by atomic mass is 16.4. The maximum Gasteiger partial charge on any atom is 0.331 e. The van der Waals surface area contributed by atoms with E-state index in [9.17, 15) is 24.3 Å². The van der Waals surface area contributed by atoms with E-state index in [4.69, 9.17) is 0 Å². The second kappa shape index (κ2) is 16.2. The number of benzene rings is 1. The molecule has 0 unspecified atom stereocenters. The summed E-state index contributed by atoms with van der Waals surface area (Å²) in [4.78, 5) is 56.2. The molecule has 0 aliphatic heterocycles. The van der Waals surface area contributed by atoms with Crippen molar-refractivity contribution in [3.63, 3.8) is 0 Å². The fraction of sp³-hybridized carbons (Fsp3) is 0.611. The van der Waals surface area contributed by atoms with Crippen LogP contribution in [0.5, 0.6) is 0 Å². The van der Waals surface area contributed by atoms with Crippen LogP contribution in [-0.4, -0.2) is 83.9 Å². The number of likely N-dealkylation sites (N-methyl/N-ethyl adjacent to an activating group) is 3. The largest absolute Gasteiger partial charge is 0.478 e. The standard InChI is InChI=1S/C36H58N4O5/c1-22(2)27(20-24(5)32(42)39(13)28(23(3)4)21-25(6)34(44)45)40(14)33(43)30(35(7,8)9)38-31(41)29(37-12)36(10,11)26-18-16-15-17-19-26/h15-23,27-30,37H,1-14H3,(H,38,41)(H,44,45)/b24-20+,25-21+/t27-,28-,29-,30-/m1/s1. The molecule has 0 radical (unpaired) electrons. The molecule has 0 aliphatic rings. The lowest BCUT2D eigenvalue weighted by Gasteiger charge is -2.40. The van der Waals surface area contributed by atoms with Gasteiger partial charge in [0.2, 0.25) is 17.7 Å². The zero-order valence-electron chi connectivity index (χ0n) is 30.0. The number of aliphatic carboxylic acids is 1. The van der Waals surface area contributed by atoms with Crippen LogP contribution in [-0.2, 0) is 24.6 Å². The van der Waals surface area contributed by atoms with Crippen LogP contribution in [0.4, 0.5) is 0 Å². The lowest BCUT2D eigenvalue weighted by molar-refractivity contribution is -0.141. The Labute approximate surface area is 271 Å². The summed E-state index contributed by atoms with van der Waals surface area (Å²) >= 11 is 0. The number of amides is 3. The molecule has 9 heteroatoms. The molecule has 1 aromatic carbocycles. The van der Waals surface area contributed by atoms with E-state index in [2.05, 4.69) is 10.6 Å². The van der Waals surface area contributed by atoms with Crippen LogP contribution < -0.4 is 10.6 Å². The molecule has 1 aromatic rings. The molecule has 0 bridgehead atoms. The number of carboxylic acids is 1.